The first-order valence-electron chi connectivity index (χ1n) is 11.6. The minimum absolute atomic E-state index is 0.105. The van der Waals surface area contributed by atoms with Crippen LogP contribution in [0.4, 0.5) is 16.3 Å². The fourth-order valence-electron chi connectivity index (χ4n) is 4.39. The standard InChI is InChI=1S/C26H29N5O3/c1-33-21-9-7-19(8-10-21)17-24-28-23-11-12-31(26(32)27-20-5-3-2-4-6-20)18-22(23)25(29-24)30-13-15-34-16-14-30/h2-10H,11-18H2,1H3,(H,27,32). The molecule has 8 nitrogen and oxygen atoms in total. The maximum Gasteiger partial charge on any atom is 0.322 e. The van der Waals surface area contributed by atoms with Crippen LogP contribution >= 0.6 is 0 Å². The van der Waals surface area contributed by atoms with E-state index in [-0.39, 0.29) is 6.03 Å². The summed E-state index contributed by atoms with van der Waals surface area (Å²) in [6, 6.07) is 17.4. The summed E-state index contributed by atoms with van der Waals surface area (Å²) in [7, 11) is 1.67. The number of benzene rings is 2. The molecule has 2 aliphatic heterocycles. The highest BCUT2D eigenvalue weighted by atomic mass is 16.5. The number of rotatable bonds is 5. The lowest BCUT2D eigenvalue weighted by Crippen LogP contribution is -2.42. The van der Waals surface area contributed by atoms with Crippen LogP contribution in [0, 0.1) is 0 Å². The normalized spacial score (nSPS) is 15.6. The lowest BCUT2D eigenvalue weighted by Gasteiger charge is -2.34. The van der Waals surface area contributed by atoms with Crippen LogP contribution < -0.4 is 15.0 Å². The number of carbonyl (C=O) groups excluding carboxylic acids is 1. The van der Waals surface area contributed by atoms with Gasteiger partial charge >= 0.3 is 6.03 Å². The molecular formula is C26H29N5O3. The van der Waals surface area contributed by atoms with Crippen LogP contribution in [-0.2, 0) is 24.1 Å². The molecule has 3 heterocycles. The number of nitrogens with one attached hydrogen (secondary N) is 1. The molecule has 1 fully saturated rings. The van der Waals surface area contributed by atoms with E-state index in [1.54, 1.807) is 7.11 Å². The third-order valence-electron chi connectivity index (χ3n) is 6.23. The zero-order chi connectivity index (χ0) is 23.3. The molecule has 2 amide bonds. The lowest BCUT2D eigenvalue weighted by molar-refractivity contribution is 0.122. The van der Waals surface area contributed by atoms with Crippen molar-refractivity contribution < 1.29 is 14.3 Å². The van der Waals surface area contributed by atoms with Gasteiger partial charge in [-0.05, 0) is 29.8 Å². The Kier molecular flexibility index (Phi) is 6.58. The summed E-state index contributed by atoms with van der Waals surface area (Å²) >= 11 is 0. The van der Waals surface area contributed by atoms with Gasteiger partial charge in [0.25, 0.3) is 0 Å². The zero-order valence-electron chi connectivity index (χ0n) is 19.4. The van der Waals surface area contributed by atoms with Gasteiger partial charge in [-0.25, -0.2) is 14.8 Å². The van der Waals surface area contributed by atoms with E-state index in [1.165, 1.54) is 0 Å². The Hall–Kier alpha value is -3.65. The van der Waals surface area contributed by atoms with Gasteiger partial charge in [-0.2, -0.15) is 0 Å². The molecule has 1 aromatic heterocycles. The van der Waals surface area contributed by atoms with Crippen LogP contribution in [0.2, 0.25) is 0 Å². The predicted molar refractivity (Wildman–Crippen MR) is 130 cm³/mol. The van der Waals surface area contributed by atoms with Gasteiger partial charge in [0, 0.05) is 43.7 Å². The Labute approximate surface area is 199 Å². The van der Waals surface area contributed by atoms with Crippen LogP contribution in [0.1, 0.15) is 22.6 Å². The van der Waals surface area contributed by atoms with Gasteiger partial charge in [0.05, 0.1) is 32.6 Å². The molecule has 1 N–H and O–H groups in total. The first-order chi connectivity index (χ1) is 16.7. The van der Waals surface area contributed by atoms with E-state index in [2.05, 4.69) is 10.2 Å². The quantitative estimate of drug-likeness (QED) is 0.629. The molecule has 0 unspecified atom stereocenters. The van der Waals surface area contributed by atoms with Crippen molar-refractivity contribution >= 4 is 17.5 Å². The smallest absolute Gasteiger partial charge is 0.322 e. The minimum Gasteiger partial charge on any atom is -0.497 e. The maximum atomic E-state index is 13.0. The monoisotopic (exact) mass is 459 g/mol. The molecule has 0 aliphatic carbocycles. The summed E-state index contributed by atoms with van der Waals surface area (Å²) in [5.74, 6) is 2.56. The van der Waals surface area contributed by atoms with Gasteiger partial charge in [-0.1, -0.05) is 30.3 Å². The van der Waals surface area contributed by atoms with Crippen molar-refractivity contribution in [2.24, 2.45) is 0 Å². The summed E-state index contributed by atoms with van der Waals surface area (Å²) in [4.78, 5) is 27.0. The SMILES string of the molecule is COc1ccc(Cc2nc3c(c(N4CCOCC4)n2)CN(C(=O)Nc2ccccc2)CC3)cc1. The molecule has 2 aromatic carbocycles. The van der Waals surface area contributed by atoms with Crippen LogP contribution in [0.5, 0.6) is 5.75 Å². The van der Waals surface area contributed by atoms with E-state index in [0.717, 1.165) is 53.0 Å². The average Bonchev–Trinajstić information content (AvgIpc) is 2.89. The predicted octanol–water partition coefficient (Wildman–Crippen LogP) is 3.50. The number of fused-ring (bicyclic) bond motifs is 1. The van der Waals surface area contributed by atoms with Gasteiger partial charge in [-0.15, -0.1) is 0 Å². The molecule has 0 saturated carbocycles. The molecule has 8 heteroatoms. The number of amides is 2. The van der Waals surface area contributed by atoms with E-state index in [1.807, 2.05) is 59.5 Å². The fraction of sp³-hybridized carbons (Fsp3) is 0.346. The molecule has 2 aliphatic rings. The molecule has 3 aromatic rings. The van der Waals surface area contributed by atoms with Crippen LogP contribution in [0.25, 0.3) is 0 Å². The highest BCUT2D eigenvalue weighted by Crippen LogP contribution is 2.28. The van der Waals surface area contributed by atoms with Crippen molar-refractivity contribution in [3.05, 3.63) is 77.2 Å². The number of anilines is 2. The summed E-state index contributed by atoms with van der Waals surface area (Å²) in [6.07, 6.45) is 1.35. The average molecular weight is 460 g/mol. The maximum absolute atomic E-state index is 13.0. The first kappa shape index (κ1) is 22.2. The van der Waals surface area contributed by atoms with Crippen molar-refractivity contribution in [2.45, 2.75) is 19.4 Å². The van der Waals surface area contributed by atoms with Crippen LogP contribution in [0.15, 0.2) is 54.6 Å². The highest BCUT2D eigenvalue weighted by molar-refractivity contribution is 5.89. The van der Waals surface area contributed by atoms with E-state index in [9.17, 15) is 4.79 Å². The van der Waals surface area contributed by atoms with Crippen molar-refractivity contribution in [3.63, 3.8) is 0 Å². The van der Waals surface area contributed by atoms with Crippen molar-refractivity contribution in [1.29, 1.82) is 0 Å². The number of para-hydroxylation sites is 1. The number of hydrogen-bond acceptors (Lipinski definition) is 6. The van der Waals surface area contributed by atoms with E-state index in [0.29, 0.717) is 39.1 Å². The second-order valence-electron chi connectivity index (χ2n) is 8.48. The Morgan fingerprint density at radius 3 is 2.53 bits per heavy atom. The summed E-state index contributed by atoms with van der Waals surface area (Å²) < 4.78 is 10.8. The van der Waals surface area contributed by atoms with Gasteiger partial charge in [0.1, 0.15) is 17.4 Å². The van der Waals surface area contributed by atoms with Crippen molar-refractivity contribution in [2.75, 3.05) is 50.2 Å². The number of methoxy groups -OCH3 is 1. The molecule has 1 saturated heterocycles. The summed E-state index contributed by atoms with van der Waals surface area (Å²) in [6.45, 7) is 4.01. The van der Waals surface area contributed by atoms with E-state index >= 15 is 0 Å². The molecule has 176 valence electrons. The molecule has 0 radical (unpaired) electrons. The Balaban J connectivity index is 1.40. The number of hydrogen-bond donors (Lipinski definition) is 1. The highest BCUT2D eigenvalue weighted by Gasteiger charge is 2.28. The second-order valence-corrected chi connectivity index (χ2v) is 8.48. The molecule has 34 heavy (non-hydrogen) atoms. The topological polar surface area (TPSA) is 79.8 Å². The van der Waals surface area contributed by atoms with Crippen molar-refractivity contribution in [3.8, 4) is 5.75 Å². The molecular weight excluding hydrogens is 430 g/mol. The molecule has 5 rings (SSSR count). The van der Waals surface area contributed by atoms with E-state index in [4.69, 9.17) is 19.4 Å². The first-order valence-corrected chi connectivity index (χ1v) is 11.6. The number of ether oxygens (including phenoxy) is 2. The van der Waals surface area contributed by atoms with Gasteiger partial charge in [0.2, 0.25) is 0 Å². The number of morpholine rings is 1. The van der Waals surface area contributed by atoms with Gasteiger partial charge in [-0.3, -0.25) is 0 Å². The molecule has 0 spiro atoms. The fourth-order valence-corrected chi connectivity index (χ4v) is 4.39. The minimum atomic E-state index is -0.105. The molecule has 0 bridgehead atoms. The van der Waals surface area contributed by atoms with Crippen LogP contribution in [0.3, 0.4) is 0 Å². The van der Waals surface area contributed by atoms with Crippen LogP contribution in [-0.4, -0.2) is 60.9 Å². The summed E-state index contributed by atoms with van der Waals surface area (Å²) in [5.41, 5.74) is 3.99. The van der Waals surface area contributed by atoms with Gasteiger partial charge < -0.3 is 24.6 Å². The van der Waals surface area contributed by atoms with Gasteiger partial charge in [0.15, 0.2) is 0 Å². The third-order valence-corrected chi connectivity index (χ3v) is 6.23. The molecule has 0 atom stereocenters. The Morgan fingerprint density at radius 2 is 1.79 bits per heavy atom. The lowest BCUT2D eigenvalue weighted by atomic mass is 10.0. The largest absolute Gasteiger partial charge is 0.497 e. The number of carbonyl (C=O) groups is 1. The van der Waals surface area contributed by atoms with E-state index < -0.39 is 0 Å². The summed E-state index contributed by atoms with van der Waals surface area (Å²) in [5, 5.41) is 3.00. The number of urea groups is 1. The number of nitrogens with zero attached hydrogens (tertiary/aromatic N) is 4. The second kappa shape index (κ2) is 10.1. The number of aromatic nitrogens is 2. The Morgan fingerprint density at radius 1 is 1.03 bits per heavy atom. The van der Waals surface area contributed by atoms with Crippen molar-refractivity contribution in [1.82, 2.24) is 14.9 Å². The zero-order valence-corrected chi connectivity index (χ0v) is 19.4. The third kappa shape index (κ3) is 4.97. The Bertz CT molecular complexity index is 1130.